The van der Waals surface area contributed by atoms with Gasteiger partial charge in [-0.2, -0.15) is 0 Å². The summed E-state index contributed by atoms with van der Waals surface area (Å²) in [6.07, 6.45) is 4.86. The van der Waals surface area contributed by atoms with Crippen molar-refractivity contribution < 1.29 is 29.1 Å². The molecule has 1 aromatic carbocycles. The van der Waals surface area contributed by atoms with Crippen LogP contribution in [0.25, 0.3) is 6.08 Å². The zero-order valence-electron chi connectivity index (χ0n) is 22.3. The number of likely N-dealkylation sites (tertiary alicyclic amines) is 1. The summed E-state index contributed by atoms with van der Waals surface area (Å²) in [6.45, 7) is 8.76. The van der Waals surface area contributed by atoms with Crippen molar-refractivity contribution in [1.82, 2.24) is 4.90 Å². The number of ether oxygens (including phenoxy) is 1. The Labute approximate surface area is 233 Å². The molecule has 200 valence electrons. The van der Waals surface area contributed by atoms with Crippen molar-refractivity contribution in [3.63, 3.8) is 0 Å². The molecule has 9 heteroatoms. The topological polar surface area (TPSA) is 96.3 Å². The minimum Gasteiger partial charge on any atom is -0.504 e. The molecule has 1 aromatic rings. The van der Waals surface area contributed by atoms with E-state index in [1.165, 1.54) is 17.6 Å². The first-order valence-electron chi connectivity index (χ1n) is 13.2. The first-order chi connectivity index (χ1) is 17.6. The van der Waals surface area contributed by atoms with Gasteiger partial charge in [0.2, 0.25) is 11.8 Å². The molecule has 4 atom stereocenters. The van der Waals surface area contributed by atoms with Crippen LogP contribution in [0.1, 0.15) is 58.9 Å². The fourth-order valence-electron chi connectivity index (χ4n) is 6.31. The zero-order valence-corrected chi connectivity index (χ0v) is 24.4. The van der Waals surface area contributed by atoms with E-state index in [-0.39, 0.29) is 41.4 Å². The number of halogens is 1. The second-order valence-corrected chi connectivity index (χ2v) is 12.0. The van der Waals surface area contributed by atoms with Crippen LogP contribution in [0, 0.1) is 27.2 Å². The number of hydrogen-bond acceptors (Lipinski definition) is 6. The SMILES string of the molecule is CCCN1C(=O)[C@@H]2[C@@H](CC(C(C)C)=C3[C@@H](CC/C(C)=C/c4cc(I)c(O)c(OC)c4)OB(O)C[C@@H]32)C1=O. The molecule has 0 saturated carbocycles. The molecule has 2 amide bonds. The summed E-state index contributed by atoms with van der Waals surface area (Å²) < 4.78 is 12.1. The number of amides is 2. The van der Waals surface area contributed by atoms with Gasteiger partial charge in [-0.25, -0.2) is 0 Å². The molecule has 0 unspecified atom stereocenters. The monoisotopic (exact) mass is 621 g/mol. The standard InChI is InChI=1S/C28H37BINO6/c1-6-9-31-27(33)19-13-18(15(2)3)24-20(25(19)28(31)34)14-29(35)37-22(24)8-7-16(4)10-17-11-21(30)26(32)23(12-17)36-5/h10-12,15,19-20,22,25,32,35H,6-9,13-14H2,1-5H3/b16-10+/t19-,20+,22-,25-/m1/s1. The van der Waals surface area contributed by atoms with Crippen LogP contribution in [0.5, 0.6) is 11.5 Å². The van der Waals surface area contributed by atoms with Gasteiger partial charge in [0.1, 0.15) is 0 Å². The van der Waals surface area contributed by atoms with Gasteiger partial charge >= 0.3 is 7.12 Å². The number of aromatic hydroxyl groups is 1. The summed E-state index contributed by atoms with van der Waals surface area (Å²) in [5.74, 6) is -0.239. The molecular formula is C28H37BINO6. The Bertz CT molecular complexity index is 1130. The molecule has 0 aromatic heterocycles. The van der Waals surface area contributed by atoms with Crippen LogP contribution in [-0.4, -0.2) is 53.7 Å². The van der Waals surface area contributed by atoms with Crippen molar-refractivity contribution in [3.8, 4) is 11.5 Å². The summed E-state index contributed by atoms with van der Waals surface area (Å²) >= 11 is 2.09. The molecule has 2 heterocycles. The summed E-state index contributed by atoms with van der Waals surface area (Å²) in [4.78, 5) is 28.0. The summed E-state index contributed by atoms with van der Waals surface area (Å²) in [5, 5.41) is 20.8. The molecule has 0 spiro atoms. The van der Waals surface area contributed by atoms with Crippen molar-refractivity contribution in [2.45, 2.75) is 65.8 Å². The third-order valence-corrected chi connectivity index (χ3v) is 8.79. The van der Waals surface area contributed by atoms with Crippen molar-refractivity contribution >= 4 is 47.6 Å². The summed E-state index contributed by atoms with van der Waals surface area (Å²) in [5.41, 5.74) is 4.41. The number of nitrogens with zero attached hydrogens (tertiary/aromatic N) is 1. The normalized spacial score (nSPS) is 26.2. The number of rotatable bonds is 8. The number of methoxy groups -OCH3 is 1. The van der Waals surface area contributed by atoms with Crippen LogP contribution >= 0.6 is 22.6 Å². The molecule has 7 nitrogen and oxygen atoms in total. The Kier molecular flexibility index (Phi) is 8.75. The molecule has 2 saturated heterocycles. The number of fused-ring (bicyclic) bond motifs is 3. The van der Waals surface area contributed by atoms with Crippen LogP contribution < -0.4 is 4.74 Å². The van der Waals surface area contributed by atoms with Gasteiger partial charge in [0.15, 0.2) is 11.5 Å². The minimum absolute atomic E-state index is 0.0516. The number of carbonyl (C=O) groups is 2. The van der Waals surface area contributed by atoms with Crippen LogP contribution in [0.4, 0.5) is 0 Å². The maximum absolute atomic E-state index is 13.4. The minimum atomic E-state index is -0.957. The number of carbonyl (C=O) groups excluding carboxylic acids is 2. The van der Waals surface area contributed by atoms with E-state index in [0.717, 1.165) is 29.6 Å². The van der Waals surface area contributed by atoms with E-state index in [2.05, 4.69) is 49.4 Å². The number of phenolic OH excluding ortho intramolecular Hbond substituents is 1. The van der Waals surface area contributed by atoms with Crippen molar-refractivity contribution in [1.29, 1.82) is 0 Å². The molecule has 37 heavy (non-hydrogen) atoms. The molecule has 4 rings (SSSR count). The van der Waals surface area contributed by atoms with E-state index in [4.69, 9.17) is 9.39 Å². The van der Waals surface area contributed by atoms with Crippen LogP contribution in [0.15, 0.2) is 28.9 Å². The Hall–Kier alpha value is -1.85. The van der Waals surface area contributed by atoms with E-state index in [9.17, 15) is 19.7 Å². The quantitative estimate of drug-likeness (QED) is 0.183. The zero-order chi connectivity index (χ0) is 27.0. The second kappa shape index (κ2) is 11.5. The average molecular weight is 621 g/mol. The molecule has 2 aliphatic heterocycles. The Morgan fingerprint density at radius 1 is 1.30 bits per heavy atom. The van der Waals surface area contributed by atoms with Gasteiger partial charge < -0.3 is 19.5 Å². The molecular weight excluding hydrogens is 584 g/mol. The maximum Gasteiger partial charge on any atom is 0.455 e. The first-order valence-corrected chi connectivity index (χ1v) is 14.3. The van der Waals surface area contributed by atoms with Crippen molar-refractivity contribution in [2.24, 2.45) is 23.7 Å². The van der Waals surface area contributed by atoms with Gasteiger partial charge in [-0.15, -0.1) is 0 Å². The number of benzene rings is 1. The highest BCUT2D eigenvalue weighted by atomic mass is 127. The van der Waals surface area contributed by atoms with Crippen molar-refractivity contribution in [3.05, 3.63) is 38.0 Å². The highest BCUT2D eigenvalue weighted by Crippen LogP contribution is 2.52. The largest absolute Gasteiger partial charge is 0.504 e. The summed E-state index contributed by atoms with van der Waals surface area (Å²) in [6, 6.07) is 3.72. The Morgan fingerprint density at radius 2 is 2.03 bits per heavy atom. The van der Waals surface area contributed by atoms with Crippen LogP contribution in [0.3, 0.4) is 0 Å². The van der Waals surface area contributed by atoms with E-state index in [1.54, 1.807) is 0 Å². The smallest absolute Gasteiger partial charge is 0.455 e. The molecule has 1 aliphatic carbocycles. The molecule has 2 fully saturated rings. The fraction of sp³-hybridized carbons (Fsp3) is 0.571. The number of hydrogen-bond donors (Lipinski definition) is 2. The van der Waals surface area contributed by atoms with Crippen molar-refractivity contribution in [2.75, 3.05) is 13.7 Å². The third-order valence-electron chi connectivity index (χ3n) is 7.96. The fourth-order valence-corrected chi connectivity index (χ4v) is 6.93. The van der Waals surface area contributed by atoms with E-state index < -0.39 is 13.0 Å². The van der Waals surface area contributed by atoms with E-state index in [0.29, 0.717) is 35.0 Å². The lowest BCUT2D eigenvalue weighted by Gasteiger charge is -2.44. The van der Waals surface area contributed by atoms with Gasteiger partial charge in [-0.05, 0) is 96.6 Å². The Morgan fingerprint density at radius 3 is 2.68 bits per heavy atom. The predicted molar refractivity (Wildman–Crippen MR) is 152 cm³/mol. The van der Waals surface area contributed by atoms with Gasteiger partial charge in [0, 0.05) is 6.54 Å². The molecule has 3 aliphatic rings. The summed E-state index contributed by atoms with van der Waals surface area (Å²) in [7, 11) is 0.577. The third kappa shape index (κ3) is 5.50. The lowest BCUT2D eigenvalue weighted by atomic mass is 9.57. The van der Waals surface area contributed by atoms with E-state index >= 15 is 0 Å². The lowest BCUT2D eigenvalue weighted by molar-refractivity contribution is -0.140. The van der Waals surface area contributed by atoms with Gasteiger partial charge in [0.25, 0.3) is 0 Å². The Balaban J connectivity index is 1.60. The molecule has 0 radical (unpaired) electrons. The van der Waals surface area contributed by atoms with Crippen LogP contribution in [0.2, 0.25) is 6.32 Å². The number of imide groups is 1. The first kappa shape index (κ1) is 28.2. The molecule has 2 N–H and O–H groups in total. The second-order valence-electron chi connectivity index (χ2n) is 10.8. The van der Waals surface area contributed by atoms with Crippen LogP contribution in [-0.2, 0) is 14.2 Å². The van der Waals surface area contributed by atoms with E-state index in [1.807, 2.05) is 19.1 Å². The average Bonchev–Trinajstić information content (AvgIpc) is 3.09. The maximum atomic E-state index is 13.4. The van der Waals surface area contributed by atoms with Gasteiger partial charge in [-0.3, -0.25) is 14.5 Å². The highest BCUT2D eigenvalue weighted by molar-refractivity contribution is 14.1. The number of phenols is 1. The lowest BCUT2D eigenvalue weighted by Crippen LogP contribution is -2.46. The van der Waals surface area contributed by atoms with Gasteiger partial charge in [0.05, 0.1) is 28.6 Å². The predicted octanol–water partition coefficient (Wildman–Crippen LogP) is 5.05. The van der Waals surface area contributed by atoms with Gasteiger partial charge in [-0.1, -0.05) is 38.0 Å². The highest BCUT2D eigenvalue weighted by Gasteiger charge is 2.57. The number of allylic oxidation sites excluding steroid dienone is 2. The molecule has 0 bridgehead atoms.